The highest BCUT2D eigenvalue weighted by molar-refractivity contribution is 5.79. The molecule has 1 aromatic carbocycles. The number of aliphatic carboxylic acids is 1. The van der Waals surface area contributed by atoms with Crippen LogP contribution in [0.25, 0.3) is 0 Å². The SMILES string of the molecule is CC(C)C(=O)NCCCC[C@H](NC(=O)OCc1ccccc1)C(=O)O. The Balaban J connectivity index is 2.28. The predicted octanol–water partition coefficient (Wildman–Crippen LogP) is 2.31. The van der Waals surface area contributed by atoms with Crippen molar-refractivity contribution in [2.45, 2.75) is 45.8 Å². The van der Waals surface area contributed by atoms with Gasteiger partial charge in [-0.25, -0.2) is 9.59 Å². The lowest BCUT2D eigenvalue weighted by molar-refractivity contribution is -0.139. The molecule has 0 aliphatic rings. The number of rotatable bonds is 10. The fraction of sp³-hybridized carbons (Fsp3) is 0.500. The summed E-state index contributed by atoms with van der Waals surface area (Å²) in [6.07, 6.45) is 0.717. The summed E-state index contributed by atoms with van der Waals surface area (Å²) in [6.45, 7) is 4.18. The van der Waals surface area contributed by atoms with Gasteiger partial charge in [-0.05, 0) is 24.8 Å². The Bertz CT molecular complexity index is 560. The zero-order chi connectivity index (χ0) is 18.7. The summed E-state index contributed by atoms with van der Waals surface area (Å²) in [7, 11) is 0. The molecule has 0 aliphatic carbocycles. The third-order valence-electron chi connectivity index (χ3n) is 3.55. The number of hydrogen-bond acceptors (Lipinski definition) is 4. The van der Waals surface area contributed by atoms with E-state index in [9.17, 15) is 19.5 Å². The van der Waals surface area contributed by atoms with E-state index in [1.807, 2.05) is 30.3 Å². The summed E-state index contributed by atoms with van der Waals surface area (Å²) in [5.41, 5.74) is 0.824. The molecule has 0 bridgehead atoms. The van der Waals surface area contributed by atoms with E-state index in [1.165, 1.54) is 0 Å². The van der Waals surface area contributed by atoms with Crippen molar-refractivity contribution < 1.29 is 24.2 Å². The smallest absolute Gasteiger partial charge is 0.408 e. The Morgan fingerprint density at radius 2 is 1.80 bits per heavy atom. The van der Waals surface area contributed by atoms with Crippen molar-refractivity contribution in [1.82, 2.24) is 10.6 Å². The Morgan fingerprint density at radius 3 is 2.40 bits per heavy atom. The molecule has 0 spiro atoms. The van der Waals surface area contributed by atoms with Crippen molar-refractivity contribution >= 4 is 18.0 Å². The van der Waals surface area contributed by atoms with Crippen LogP contribution in [0.4, 0.5) is 4.79 Å². The summed E-state index contributed by atoms with van der Waals surface area (Å²) in [5, 5.41) is 14.3. The van der Waals surface area contributed by atoms with E-state index in [-0.39, 0.29) is 24.9 Å². The van der Waals surface area contributed by atoms with E-state index in [1.54, 1.807) is 13.8 Å². The van der Waals surface area contributed by atoms with Gasteiger partial charge < -0.3 is 20.5 Å². The van der Waals surface area contributed by atoms with E-state index in [0.29, 0.717) is 19.4 Å². The Morgan fingerprint density at radius 1 is 1.12 bits per heavy atom. The van der Waals surface area contributed by atoms with E-state index < -0.39 is 18.1 Å². The number of alkyl carbamates (subject to hydrolysis) is 1. The molecule has 3 N–H and O–H groups in total. The number of nitrogens with one attached hydrogen (secondary N) is 2. The largest absolute Gasteiger partial charge is 0.480 e. The fourth-order valence-corrected chi connectivity index (χ4v) is 2.05. The van der Waals surface area contributed by atoms with Gasteiger partial charge in [0.15, 0.2) is 0 Å². The van der Waals surface area contributed by atoms with Gasteiger partial charge in [0.25, 0.3) is 0 Å². The quantitative estimate of drug-likeness (QED) is 0.562. The molecular formula is C18H26N2O5. The third-order valence-corrected chi connectivity index (χ3v) is 3.55. The molecule has 0 saturated carbocycles. The maximum atomic E-state index is 11.7. The molecule has 0 aliphatic heterocycles. The molecule has 0 radical (unpaired) electrons. The lowest BCUT2D eigenvalue weighted by Crippen LogP contribution is -2.41. The van der Waals surface area contributed by atoms with Crippen molar-refractivity contribution in [3.05, 3.63) is 35.9 Å². The second kappa shape index (κ2) is 11.1. The van der Waals surface area contributed by atoms with E-state index in [0.717, 1.165) is 5.56 Å². The first kappa shape index (κ1) is 20.5. The zero-order valence-electron chi connectivity index (χ0n) is 14.7. The minimum Gasteiger partial charge on any atom is -0.480 e. The van der Waals surface area contributed by atoms with Crippen LogP contribution in [0.3, 0.4) is 0 Å². The predicted molar refractivity (Wildman–Crippen MR) is 92.9 cm³/mol. The lowest BCUT2D eigenvalue weighted by Gasteiger charge is -2.15. The molecule has 0 unspecified atom stereocenters. The molecule has 138 valence electrons. The van der Waals surface area contributed by atoms with Crippen molar-refractivity contribution in [2.75, 3.05) is 6.54 Å². The van der Waals surface area contributed by atoms with Crippen molar-refractivity contribution in [3.8, 4) is 0 Å². The first-order chi connectivity index (χ1) is 11.9. The fourth-order valence-electron chi connectivity index (χ4n) is 2.05. The summed E-state index contributed by atoms with van der Waals surface area (Å²) < 4.78 is 5.02. The summed E-state index contributed by atoms with van der Waals surface area (Å²) >= 11 is 0. The van der Waals surface area contributed by atoms with E-state index in [2.05, 4.69) is 10.6 Å². The molecule has 7 heteroatoms. The number of carbonyl (C=O) groups excluding carboxylic acids is 2. The van der Waals surface area contributed by atoms with Crippen molar-refractivity contribution in [3.63, 3.8) is 0 Å². The van der Waals surface area contributed by atoms with Crippen molar-refractivity contribution in [1.29, 1.82) is 0 Å². The number of carboxylic acid groups (broad SMARTS) is 1. The highest BCUT2D eigenvalue weighted by Gasteiger charge is 2.20. The lowest BCUT2D eigenvalue weighted by atomic mass is 10.1. The summed E-state index contributed by atoms with van der Waals surface area (Å²) in [5.74, 6) is -1.21. The third kappa shape index (κ3) is 8.74. The topological polar surface area (TPSA) is 105 Å². The number of hydrogen-bond donors (Lipinski definition) is 3. The molecule has 25 heavy (non-hydrogen) atoms. The number of amides is 2. The van der Waals surface area contributed by atoms with Gasteiger partial charge in [-0.3, -0.25) is 4.79 Å². The molecule has 0 aromatic heterocycles. The second-order valence-corrected chi connectivity index (χ2v) is 6.04. The normalized spacial score (nSPS) is 11.6. The molecule has 0 fully saturated rings. The minimum absolute atomic E-state index is 0.0302. The van der Waals surface area contributed by atoms with E-state index in [4.69, 9.17) is 4.74 Å². The monoisotopic (exact) mass is 350 g/mol. The molecule has 1 atom stereocenters. The maximum Gasteiger partial charge on any atom is 0.408 e. The van der Waals surface area contributed by atoms with Gasteiger partial charge in [0.05, 0.1) is 0 Å². The van der Waals surface area contributed by atoms with Gasteiger partial charge in [-0.1, -0.05) is 44.2 Å². The van der Waals surface area contributed by atoms with Crippen molar-refractivity contribution in [2.24, 2.45) is 5.92 Å². The van der Waals surface area contributed by atoms with Gasteiger partial charge in [0, 0.05) is 12.5 Å². The van der Waals surface area contributed by atoms with Crippen LogP contribution in [0, 0.1) is 5.92 Å². The number of carbonyl (C=O) groups is 3. The molecular weight excluding hydrogens is 324 g/mol. The summed E-state index contributed by atoms with van der Waals surface area (Å²) in [6, 6.07) is 8.13. The van der Waals surface area contributed by atoms with Crippen LogP contribution >= 0.6 is 0 Å². The number of unbranched alkanes of at least 4 members (excludes halogenated alkanes) is 1. The van der Waals surface area contributed by atoms with Gasteiger partial charge >= 0.3 is 12.1 Å². The molecule has 1 rings (SSSR count). The molecule has 7 nitrogen and oxygen atoms in total. The van der Waals surface area contributed by atoms with Crippen LogP contribution in [-0.2, 0) is 20.9 Å². The standard InChI is InChI=1S/C18H26N2O5/c1-13(2)16(21)19-11-7-6-10-15(17(22)23)20-18(24)25-12-14-8-4-3-5-9-14/h3-5,8-9,13,15H,6-7,10-12H2,1-2H3,(H,19,21)(H,20,24)(H,22,23)/t15-/m0/s1. The average Bonchev–Trinajstić information content (AvgIpc) is 2.59. The molecule has 2 amide bonds. The van der Waals surface area contributed by atoms with Gasteiger partial charge in [0.2, 0.25) is 5.91 Å². The Labute approximate surface area is 147 Å². The zero-order valence-corrected chi connectivity index (χ0v) is 14.7. The maximum absolute atomic E-state index is 11.7. The first-order valence-corrected chi connectivity index (χ1v) is 8.38. The second-order valence-electron chi connectivity index (χ2n) is 6.04. The number of ether oxygens (including phenoxy) is 1. The molecule has 1 aromatic rings. The number of benzene rings is 1. The molecule has 0 heterocycles. The van der Waals surface area contributed by atoms with Gasteiger partial charge in [-0.15, -0.1) is 0 Å². The Hall–Kier alpha value is -2.57. The number of carboxylic acids is 1. The van der Waals surface area contributed by atoms with E-state index >= 15 is 0 Å². The Kier molecular flexibility index (Phi) is 9.06. The highest BCUT2D eigenvalue weighted by atomic mass is 16.5. The summed E-state index contributed by atoms with van der Waals surface area (Å²) in [4.78, 5) is 34.4. The van der Waals surface area contributed by atoms with Crippen LogP contribution in [0.15, 0.2) is 30.3 Å². The van der Waals surface area contributed by atoms with Crippen LogP contribution in [0.2, 0.25) is 0 Å². The van der Waals surface area contributed by atoms with Crippen LogP contribution in [-0.4, -0.2) is 35.7 Å². The van der Waals surface area contributed by atoms with Crippen LogP contribution < -0.4 is 10.6 Å². The van der Waals surface area contributed by atoms with Crippen LogP contribution in [0.5, 0.6) is 0 Å². The average molecular weight is 350 g/mol. The van der Waals surface area contributed by atoms with Gasteiger partial charge in [-0.2, -0.15) is 0 Å². The van der Waals surface area contributed by atoms with Gasteiger partial charge in [0.1, 0.15) is 12.6 Å². The minimum atomic E-state index is -1.11. The highest BCUT2D eigenvalue weighted by Crippen LogP contribution is 2.04. The molecule has 0 saturated heterocycles. The van der Waals surface area contributed by atoms with Crippen LogP contribution in [0.1, 0.15) is 38.7 Å². The first-order valence-electron chi connectivity index (χ1n) is 8.38.